The van der Waals surface area contributed by atoms with Crippen LogP contribution >= 0.6 is 0 Å². The molecule has 1 aromatic heterocycles. The van der Waals surface area contributed by atoms with E-state index in [0.717, 1.165) is 30.4 Å². The van der Waals surface area contributed by atoms with Crippen molar-refractivity contribution in [2.45, 2.75) is 64.2 Å². The van der Waals surface area contributed by atoms with E-state index in [1.807, 2.05) is 12.1 Å². The maximum absolute atomic E-state index is 12.9. The molecule has 4 fully saturated rings. The topological polar surface area (TPSA) is 170 Å². The quantitative estimate of drug-likeness (QED) is 0.173. The van der Waals surface area contributed by atoms with Crippen molar-refractivity contribution in [3.05, 3.63) is 29.5 Å². The van der Waals surface area contributed by atoms with E-state index >= 15 is 0 Å². The van der Waals surface area contributed by atoms with Crippen LogP contribution in [-0.2, 0) is 25.5 Å². The average Bonchev–Trinajstić information content (AvgIpc) is 3.01. The molecule has 45 heavy (non-hydrogen) atoms. The first kappa shape index (κ1) is 32.6. The molecule has 2 aromatic rings. The molecular weight excluding hydrogens is 578 g/mol. The zero-order chi connectivity index (χ0) is 31.8. The van der Waals surface area contributed by atoms with Crippen molar-refractivity contribution in [1.82, 2.24) is 15.3 Å². The lowest BCUT2D eigenvalue weighted by Crippen LogP contribution is -2.50. The van der Waals surface area contributed by atoms with E-state index < -0.39 is 0 Å². The predicted octanol–water partition coefficient (Wildman–Crippen LogP) is 3.69. The van der Waals surface area contributed by atoms with E-state index in [1.165, 1.54) is 19.3 Å². The van der Waals surface area contributed by atoms with Gasteiger partial charge in [-0.2, -0.15) is 4.98 Å². The van der Waals surface area contributed by atoms with Gasteiger partial charge in [-0.1, -0.05) is 0 Å². The Morgan fingerprint density at radius 3 is 2.22 bits per heavy atom. The molecule has 12 heteroatoms. The number of amides is 1. The summed E-state index contributed by atoms with van der Waals surface area (Å²) in [5, 5.41) is 2.87. The fourth-order valence-corrected chi connectivity index (χ4v) is 7.69. The molecule has 4 bridgehead atoms. The third-order valence-electron chi connectivity index (χ3n) is 9.38. The second-order valence-electron chi connectivity index (χ2n) is 12.7. The van der Waals surface area contributed by atoms with Crippen molar-refractivity contribution >= 4 is 23.6 Å². The molecule has 0 saturated heterocycles. The molecule has 12 nitrogen and oxygen atoms in total. The Kier molecular flexibility index (Phi) is 10.9. The van der Waals surface area contributed by atoms with Gasteiger partial charge in [-0.25, -0.2) is 4.98 Å². The average molecular weight is 626 g/mol. The number of esters is 1. The van der Waals surface area contributed by atoms with Crippen molar-refractivity contribution < 1.29 is 33.3 Å². The van der Waals surface area contributed by atoms with Gasteiger partial charge in [0, 0.05) is 31.1 Å². The Bertz CT molecular complexity index is 1280. The molecule has 0 radical (unpaired) electrons. The lowest BCUT2D eigenvalue weighted by molar-refractivity contribution is -0.172. The van der Waals surface area contributed by atoms with Crippen molar-refractivity contribution in [1.29, 1.82) is 0 Å². The Labute approximate surface area is 264 Å². The molecule has 0 aliphatic heterocycles. The maximum atomic E-state index is 12.9. The third-order valence-corrected chi connectivity index (χ3v) is 9.38. The molecule has 4 aliphatic rings. The summed E-state index contributed by atoms with van der Waals surface area (Å²) >= 11 is 0. The highest BCUT2D eigenvalue weighted by molar-refractivity contribution is 5.77. The van der Waals surface area contributed by atoms with Gasteiger partial charge < -0.3 is 40.5 Å². The molecule has 6 rings (SSSR count). The van der Waals surface area contributed by atoms with Gasteiger partial charge in [-0.05, 0) is 86.8 Å². The van der Waals surface area contributed by atoms with Crippen molar-refractivity contribution in [3.63, 3.8) is 0 Å². The third kappa shape index (κ3) is 8.27. The smallest absolute Gasteiger partial charge is 0.312 e. The van der Waals surface area contributed by atoms with Gasteiger partial charge in [-0.15, -0.1) is 0 Å². The minimum absolute atomic E-state index is 0.0214. The minimum Gasteiger partial charge on any atom is -0.493 e. The van der Waals surface area contributed by atoms with Crippen LogP contribution in [0.5, 0.6) is 17.2 Å². The molecule has 0 unspecified atom stereocenters. The van der Waals surface area contributed by atoms with Crippen LogP contribution in [0.2, 0.25) is 0 Å². The van der Waals surface area contributed by atoms with Crippen LogP contribution in [0.4, 0.5) is 11.8 Å². The number of hydrogen-bond donors (Lipinski definition) is 3. The highest BCUT2D eigenvalue weighted by Gasteiger charge is 2.55. The molecule has 5 N–H and O–H groups in total. The van der Waals surface area contributed by atoms with Crippen LogP contribution in [0.1, 0.15) is 68.9 Å². The lowest BCUT2D eigenvalue weighted by Gasteiger charge is -2.55. The van der Waals surface area contributed by atoms with E-state index in [9.17, 15) is 9.59 Å². The number of anilines is 2. The fourth-order valence-electron chi connectivity index (χ4n) is 7.69. The zero-order valence-corrected chi connectivity index (χ0v) is 26.5. The molecule has 0 spiro atoms. The molecule has 246 valence electrons. The summed E-state index contributed by atoms with van der Waals surface area (Å²) in [6, 6.07) is 3.72. The number of hydrogen-bond acceptors (Lipinski definition) is 11. The zero-order valence-electron chi connectivity index (χ0n) is 26.5. The number of nitrogens with one attached hydrogen (secondary N) is 1. The van der Waals surface area contributed by atoms with E-state index in [4.69, 9.17) is 35.2 Å². The monoisotopic (exact) mass is 625 g/mol. The van der Waals surface area contributed by atoms with Crippen LogP contribution in [0.3, 0.4) is 0 Å². The number of carbonyl (C=O) groups is 2. The number of nitrogens with two attached hydrogens (primary N) is 2. The van der Waals surface area contributed by atoms with Crippen LogP contribution in [0.15, 0.2) is 18.3 Å². The number of ether oxygens (including phenoxy) is 5. The summed E-state index contributed by atoms with van der Waals surface area (Å²) < 4.78 is 28.3. The van der Waals surface area contributed by atoms with E-state index in [1.54, 1.807) is 20.4 Å². The first-order valence-corrected chi connectivity index (χ1v) is 16.0. The van der Waals surface area contributed by atoms with Gasteiger partial charge >= 0.3 is 5.97 Å². The Balaban J connectivity index is 0.937. The van der Waals surface area contributed by atoms with Gasteiger partial charge in [0.15, 0.2) is 11.5 Å². The number of carbonyl (C=O) groups excluding carboxylic acids is 2. The number of nitrogens with zero attached hydrogens (tertiary/aromatic N) is 2. The normalized spacial score (nSPS) is 23.0. The highest BCUT2D eigenvalue weighted by atomic mass is 16.6. The van der Waals surface area contributed by atoms with Crippen molar-refractivity contribution in [2.24, 2.45) is 23.2 Å². The summed E-state index contributed by atoms with van der Waals surface area (Å²) in [4.78, 5) is 33.2. The number of rotatable bonds is 17. The number of methoxy groups -OCH3 is 2. The first-order chi connectivity index (χ1) is 21.8. The SMILES string of the molecule is COc1cc(Cc2cnc(N)nc2N)cc(OC)c1OCCCCC(=O)NCCOCCOC(=O)C12CC3CC(CC(C3)C1)C2. The van der Waals surface area contributed by atoms with Crippen LogP contribution in [-0.4, -0.2) is 69.0 Å². The number of benzene rings is 1. The van der Waals surface area contributed by atoms with E-state index in [2.05, 4.69) is 15.3 Å². The Morgan fingerprint density at radius 1 is 0.933 bits per heavy atom. The minimum atomic E-state index is -0.235. The summed E-state index contributed by atoms with van der Waals surface area (Å²) in [5.74, 6) is 4.07. The molecule has 1 aromatic carbocycles. The maximum Gasteiger partial charge on any atom is 0.312 e. The van der Waals surface area contributed by atoms with Crippen LogP contribution in [0, 0.1) is 23.2 Å². The number of aromatic nitrogens is 2. The Morgan fingerprint density at radius 2 is 1.60 bits per heavy atom. The van der Waals surface area contributed by atoms with Crippen molar-refractivity contribution in [3.8, 4) is 17.2 Å². The fraction of sp³-hybridized carbons (Fsp3) is 0.636. The summed E-state index contributed by atoms with van der Waals surface area (Å²) in [5.41, 5.74) is 13.0. The second kappa shape index (κ2) is 15.0. The van der Waals surface area contributed by atoms with E-state index in [0.29, 0.717) is 92.9 Å². The summed E-state index contributed by atoms with van der Waals surface area (Å²) in [6.07, 6.45) is 10.7. The predicted molar refractivity (Wildman–Crippen MR) is 168 cm³/mol. The van der Waals surface area contributed by atoms with Gasteiger partial charge in [0.2, 0.25) is 17.6 Å². The molecular formula is C33H47N5O7. The molecule has 4 aliphatic carbocycles. The van der Waals surface area contributed by atoms with Gasteiger partial charge in [0.25, 0.3) is 0 Å². The van der Waals surface area contributed by atoms with Crippen LogP contribution in [0.25, 0.3) is 0 Å². The Hall–Kier alpha value is -3.80. The van der Waals surface area contributed by atoms with Gasteiger partial charge in [0.1, 0.15) is 12.4 Å². The molecule has 1 amide bonds. The second-order valence-corrected chi connectivity index (χ2v) is 12.7. The van der Waals surface area contributed by atoms with Gasteiger partial charge in [-0.3, -0.25) is 9.59 Å². The molecule has 4 saturated carbocycles. The molecule has 0 atom stereocenters. The number of nitrogen functional groups attached to an aromatic ring is 2. The standard InChI is InChI=1S/C33H47N5O7/c1-41-26-15-21(14-25-20-37-32(35)38-30(25)34)16-27(42-2)29(26)44-7-4-3-5-28(39)36-6-8-43-9-10-45-31(40)33-17-22-11-23(18-33)13-24(12-22)19-33/h15-16,20,22-24H,3-14,17-19H2,1-2H3,(H,36,39)(H4,34,35,37,38). The lowest BCUT2D eigenvalue weighted by atomic mass is 9.49. The van der Waals surface area contributed by atoms with Gasteiger partial charge in [0.05, 0.1) is 39.5 Å². The van der Waals surface area contributed by atoms with Crippen molar-refractivity contribution in [2.75, 3.05) is 58.7 Å². The largest absolute Gasteiger partial charge is 0.493 e. The first-order valence-electron chi connectivity index (χ1n) is 16.0. The highest BCUT2D eigenvalue weighted by Crippen LogP contribution is 2.60. The summed E-state index contributed by atoms with van der Waals surface area (Å²) in [7, 11) is 3.13. The van der Waals surface area contributed by atoms with Crippen LogP contribution < -0.4 is 31.0 Å². The number of unbranched alkanes of at least 4 members (excludes halogenated alkanes) is 1. The van der Waals surface area contributed by atoms with E-state index in [-0.39, 0.29) is 29.8 Å². The molecule has 1 heterocycles. The summed E-state index contributed by atoms with van der Waals surface area (Å²) in [6.45, 7) is 1.77.